The summed E-state index contributed by atoms with van der Waals surface area (Å²) in [5.41, 5.74) is 3.58. The Hall–Kier alpha value is -2.88. The highest BCUT2D eigenvalue weighted by molar-refractivity contribution is 5.91. The fourth-order valence-corrected chi connectivity index (χ4v) is 2.00. The Morgan fingerprint density at radius 1 is 0.955 bits per heavy atom. The number of esters is 1. The SMILES string of the molecule is COC(=O)c1ccc(-c2ccc(C=C(C)C(=O)O)cc2)cc1. The first-order chi connectivity index (χ1) is 10.5. The maximum Gasteiger partial charge on any atom is 0.337 e. The second-order valence-electron chi connectivity index (χ2n) is 4.82. The standard InChI is InChI=1S/C18H16O4/c1-12(17(19)20)11-13-3-5-14(6-4-13)15-7-9-16(10-8-15)18(21)22-2/h3-11H,1-2H3,(H,19,20). The van der Waals surface area contributed by atoms with Crippen LogP contribution in [0, 0.1) is 0 Å². The molecule has 0 unspecified atom stereocenters. The number of carboxylic acids is 1. The van der Waals surface area contributed by atoms with E-state index in [-0.39, 0.29) is 11.5 Å². The zero-order chi connectivity index (χ0) is 16.1. The van der Waals surface area contributed by atoms with Crippen LogP contribution in [0.25, 0.3) is 17.2 Å². The molecule has 0 fully saturated rings. The summed E-state index contributed by atoms with van der Waals surface area (Å²) < 4.78 is 4.66. The molecule has 2 aromatic rings. The van der Waals surface area contributed by atoms with Gasteiger partial charge in [-0.1, -0.05) is 36.4 Å². The molecule has 2 aromatic carbocycles. The molecule has 0 amide bonds. The van der Waals surface area contributed by atoms with E-state index in [1.54, 1.807) is 25.1 Å². The number of benzene rings is 2. The summed E-state index contributed by atoms with van der Waals surface area (Å²) in [5, 5.41) is 8.86. The van der Waals surface area contributed by atoms with Gasteiger partial charge in [0.1, 0.15) is 0 Å². The zero-order valence-corrected chi connectivity index (χ0v) is 12.4. The molecular formula is C18H16O4. The second kappa shape index (κ2) is 6.72. The van der Waals surface area contributed by atoms with E-state index in [0.717, 1.165) is 16.7 Å². The molecule has 2 rings (SSSR count). The summed E-state index contributed by atoms with van der Waals surface area (Å²) in [6.07, 6.45) is 1.62. The van der Waals surface area contributed by atoms with Gasteiger partial charge < -0.3 is 9.84 Å². The normalized spacial score (nSPS) is 11.1. The molecule has 1 N–H and O–H groups in total. The molecule has 0 spiro atoms. The van der Waals surface area contributed by atoms with Crippen LogP contribution in [0.3, 0.4) is 0 Å². The van der Waals surface area contributed by atoms with E-state index in [0.29, 0.717) is 5.56 Å². The van der Waals surface area contributed by atoms with Crippen molar-refractivity contribution >= 4 is 18.0 Å². The van der Waals surface area contributed by atoms with Crippen molar-refractivity contribution in [3.8, 4) is 11.1 Å². The predicted octanol–water partition coefficient (Wildman–Crippen LogP) is 3.63. The number of carbonyl (C=O) groups excluding carboxylic acids is 1. The Morgan fingerprint density at radius 2 is 1.45 bits per heavy atom. The summed E-state index contributed by atoms with van der Waals surface area (Å²) in [7, 11) is 1.35. The Kier molecular flexibility index (Phi) is 4.73. The van der Waals surface area contributed by atoms with Crippen LogP contribution in [0.15, 0.2) is 54.1 Å². The molecule has 0 aromatic heterocycles. The molecule has 0 saturated heterocycles. The summed E-state index contributed by atoms with van der Waals surface area (Å²) in [4.78, 5) is 22.2. The number of aliphatic carboxylic acids is 1. The second-order valence-corrected chi connectivity index (χ2v) is 4.82. The molecule has 0 radical (unpaired) electrons. The molecule has 0 aliphatic heterocycles. The van der Waals surface area contributed by atoms with Crippen LogP contribution in [0.4, 0.5) is 0 Å². The van der Waals surface area contributed by atoms with Crippen molar-refractivity contribution in [3.63, 3.8) is 0 Å². The van der Waals surface area contributed by atoms with Crippen LogP contribution in [0.2, 0.25) is 0 Å². The van der Waals surface area contributed by atoms with Crippen molar-refractivity contribution in [2.24, 2.45) is 0 Å². The van der Waals surface area contributed by atoms with E-state index in [4.69, 9.17) is 5.11 Å². The van der Waals surface area contributed by atoms with Gasteiger partial charge in [0.2, 0.25) is 0 Å². The van der Waals surface area contributed by atoms with Gasteiger partial charge >= 0.3 is 11.9 Å². The fraction of sp³-hybridized carbons (Fsp3) is 0.111. The number of hydrogen-bond donors (Lipinski definition) is 1. The van der Waals surface area contributed by atoms with Crippen molar-refractivity contribution in [1.29, 1.82) is 0 Å². The van der Waals surface area contributed by atoms with Gasteiger partial charge in [0.15, 0.2) is 0 Å². The van der Waals surface area contributed by atoms with Crippen molar-refractivity contribution in [2.45, 2.75) is 6.92 Å². The number of methoxy groups -OCH3 is 1. The average Bonchev–Trinajstić information content (AvgIpc) is 2.55. The van der Waals surface area contributed by atoms with Crippen molar-refractivity contribution < 1.29 is 19.4 Å². The van der Waals surface area contributed by atoms with E-state index in [2.05, 4.69) is 4.74 Å². The molecule has 0 saturated carbocycles. The highest BCUT2D eigenvalue weighted by atomic mass is 16.5. The van der Waals surface area contributed by atoms with E-state index < -0.39 is 5.97 Å². The Bertz CT molecular complexity index is 710. The van der Waals surface area contributed by atoms with Crippen LogP contribution in [-0.4, -0.2) is 24.2 Å². The van der Waals surface area contributed by atoms with Gasteiger partial charge in [-0.15, -0.1) is 0 Å². The average molecular weight is 296 g/mol. The minimum absolute atomic E-state index is 0.287. The molecule has 4 nitrogen and oxygen atoms in total. The van der Waals surface area contributed by atoms with Crippen LogP contribution in [-0.2, 0) is 9.53 Å². The minimum Gasteiger partial charge on any atom is -0.478 e. The van der Waals surface area contributed by atoms with Gasteiger partial charge in [-0.3, -0.25) is 0 Å². The predicted molar refractivity (Wildman–Crippen MR) is 84.5 cm³/mol. The lowest BCUT2D eigenvalue weighted by molar-refractivity contribution is -0.132. The Labute approximate surface area is 128 Å². The summed E-state index contributed by atoms with van der Waals surface area (Å²) in [6, 6.07) is 14.7. The third kappa shape index (κ3) is 3.61. The first kappa shape index (κ1) is 15.5. The lowest BCUT2D eigenvalue weighted by atomic mass is 10.0. The number of ether oxygens (including phenoxy) is 1. The minimum atomic E-state index is -0.928. The summed E-state index contributed by atoms with van der Waals surface area (Å²) in [5.74, 6) is -1.29. The van der Waals surface area contributed by atoms with Gasteiger partial charge in [0, 0.05) is 5.57 Å². The van der Waals surface area contributed by atoms with E-state index >= 15 is 0 Å². The van der Waals surface area contributed by atoms with Crippen molar-refractivity contribution in [3.05, 3.63) is 65.2 Å². The van der Waals surface area contributed by atoms with Crippen LogP contribution < -0.4 is 0 Å². The number of carbonyl (C=O) groups is 2. The zero-order valence-electron chi connectivity index (χ0n) is 12.4. The monoisotopic (exact) mass is 296 g/mol. The Morgan fingerprint density at radius 3 is 1.91 bits per heavy atom. The molecular weight excluding hydrogens is 280 g/mol. The van der Waals surface area contributed by atoms with E-state index in [1.165, 1.54) is 7.11 Å². The largest absolute Gasteiger partial charge is 0.478 e. The molecule has 0 heterocycles. The van der Waals surface area contributed by atoms with Crippen molar-refractivity contribution in [1.82, 2.24) is 0 Å². The quantitative estimate of drug-likeness (QED) is 0.691. The maximum absolute atomic E-state index is 11.4. The highest BCUT2D eigenvalue weighted by Gasteiger charge is 2.05. The fourth-order valence-electron chi connectivity index (χ4n) is 2.00. The number of carboxylic acid groups (broad SMARTS) is 1. The van der Waals surface area contributed by atoms with Gasteiger partial charge in [0.25, 0.3) is 0 Å². The van der Waals surface area contributed by atoms with E-state index in [1.807, 2.05) is 36.4 Å². The van der Waals surface area contributed by atoms with Crippen LogP contribution >= 0.6 is 0 Å². The molecule has 22 heavy (non-hydrogen) atoms. The number of rotatable bonds is 4. The Balaban J connectivity index is 2.22. The van der Waals surface area contributed by atoms with E-state index in [9.17, 15) is 9.59 Å². The highest BCUT2D eigenvalue weighted by Crippen LogP contribution is 2.21. The maximum atomic E-state index is 11.4. The summed E-state index contributed by atoms with van der Waals surface area (Å²) in [6.45, 7) is 1.56. The summed E-state index contributed by atoms with van der Waals surface area (Å²) >= 11 is 0. The smallest absolute Gasteiger partial charge is 0.337 e. The third-order valence-electron chi connectivity index (χ3n) is 3.27. The first-order valence-corrected chi connectivity index (χ1v) is 6.71. The first-order valence-electron chi connectivity index (χ1n) is 6.71. The lowest BCUT2D eigenvalue weighted by Gasteiger charge is -2.04. The molecule has 0 bridgehead atoms. The van der Waals surface area contributed by atoms with Gasteiger partial charge in [0.05, 0.1) is 12.7 Å². The molecule has 0 atom stereocenters. The topological polar surface area (TPSA) is 63.6 Å². The molecule has 0 aliphatic rings. The van der Waals surface area contributed by atoms with Gasteiger partial charge in [-0.2, -0.15) is 0 Å². The van der Waals surface area contributed by atoms with Crippen molar-refractivity contribution in [2.75, 3.05) is 7.11 Å². The molecule has 0 aliphatic carbocycles. The van der Waals surface area contributed by atoms with Crippen LogP contribution in [0.1, 0.15) is 22.8 Å². The third-order valence-corrected chi connectivity index (χ3v) is 3.27. The molecule has 112 valence electrons. The van der Waals surface area contributed by atoms with Gasteiger partial charge in [-0.25, -0.2) is 9.59 Å². The number of hydrogen-bond acceptors (Lipinski definition) is 3. The molecule has 4 heteroatoms. The lowest BCUT2D eigenvalue weighted by Crippen LogP contribution is -2.00. The van der Waals surface area contributed by atoms with Crippen LogP contribution in [0.5, 0.6) is 0 Å². The van der Waals surface area contributed by atoms with Gasteiger partial charge in [-0.05, 0) is 41.8 Å².